The lowest BCUT2D eigenvalue weighted by molar-refractivity contribution is 0.410. The average molecular weight is 229 g/mol. The first-order valence-electron chi connectivity index (χ1n) is 4.80. The van der Waals surface area contributed by atoms with E-state index in [0.717, 1.165) is 12.3 Å². The highest BCUT2D eigenvalue weighted by molar-refractivity contribution is 7.98. The monoisotopic (exact) mass is 229 g/mol. The van der Waals surface area contributed by atoms with Gasteiger partial charge in [-0.15, -0.1) is 0 Å². The van der Waals surface area contributed by atoms with E-state index in [1.165, 1.54) is 13.2 Å². The molecule has 0 aliphatic carbocycles. The van der Waals surface area contributed by atoms with Gasteiger partial charge in [0.15, 0.2) is 0 Å². The smallest absolute Gasteiger partial charge is 0.131 e. The second-order valence-corrected chi connectivity index (χ2v) is 4.11. The van der Waals surface area contributed by atoms with Crippen LogP contribution in [0.15, 0.2) is 18.2 Å². The average Bonchev–Trinajstić information content (AvgIpc) is 2.26. The molecule has 15 heavy (non-hydrogen) atoms. The van der Waals surface area contributed by atoms with Crippen molar-refractivity contribution in [1.82, 2.24) is 5.32 Å². The summed E-state index contributed by atoms with van der Waals surface area (Å²) in [5, 5.41) is 3.18. The molecule has 0 spiro atoms. The Morgan fingerprint density at radius 3 is 2.87 bits per heavy atom. The largest absolute Gasteiger partial charge is 0.497 e. The summed E-state index contributed by atoms with van der Waals surface area (Å²) in [5.74, 6) is 1.38. The molecule has 0 saturated heterocycles. The highest BCUT2D eigenvalue weighted by Crippen LogP contribution is 2.15. The molecule has 0 heterocycles. The molecule has 0 fully saturated rings. The molecule has 0 amide bonds. The van der Waals surface area contributed by atoms with Gasteiger partial charge in [0.2, 0.25) is 0 Å². The number of rotatable bonds is 6. The quantitative estimate of drug-likeness (QED) is 0.756. The van der Waals surface area contributed by atoms with Crippen molar-refractivity contribution in [1.29, 1.82) is 0 Å². The zero-order chi connectivity index (χ0) is 11.1. The van der Waals surface area contributed by atoms with Crippen molar-refractivity contribution in [2.45, 2.75) is 6.54 Å². The van der Waals surface area contributed by atoms with Gasteiger partial charge in [0, 0.05) is 30.5 Å². The zero-order valence-corrected chi connectivity index (χ0v) is 9.86. The van der Waals surface area contributed by atoms with Crippen LogP contribution in [0.25, 0.3) is 0 Å². The van der Waals surface area contributed by atoms with Crippen molar-refractivity contribution in [3.63, 3.8) is 0 Å². The van der Waals surface area contributed by atoms with Crippen LogP contribution in [-0.2, 0) is 6.54 Å². The van der Waals surface area contributed by atoms with E-state index >= 15 is 0 Å². The SMILES string of the molecule is COc1ccc(CNCCSC)c(F)c1. The second kappa shape index (κ2) is 6.69. The van der Waals surface area contributed by atoms with Gasteiger partial charge in [-0.2, -0.15) is 11.8 Å². The number of thioether (sulfide) groups is 1. The van der Waals surface area contributed by atoms with E-state index in [4.69, 9.17) is 4.74 Å². The van der Waals surface area contributed by atoms with Crippen molar-refractivity contribution in [2.75, 3.05) is 25.7 Å². The molecule has 1 aromatic rings. The van der Waals surface area contributed by atoms with Gasteiger partial charge in [-0.1, -0.05) is 6.07 Å². The van der Waals surface area contributed by atoms with Crippen LogP contribution in [0.3, 0.4) is 0 Å². The van der Waals surface area contributed by atoms with E-state index in [0.29, 0.717) is 17.9 Å². The molecule has 0 aliphatic rings. The molecule has 0 atom stereocenters. The standard InChI is InChI=1S/C11H16FNOS/c1-14-10-4-3-9(11(12)7-10)8-13-5-6-15-2/h3-4,7,13H,5-6,8H2,1-2H3. The Morgan fingerprint density at radius 2 is 2.27 bits per heavy atom. The predicted octanol–water partition coefficient (Wildman–Crippen LogP) is 2.29. The maximum atomic E-state index is 13.4. The van der Waals surface area contributed by atoms with Gasteiger partial charge >= 0.3 is 0 Å². The highest BCUT2D eigenvalue weighted by atomic mass is 32.2. The first-order chi connectivity index (χ1) is 7.27. The molecule has 0 aromatic heterocycles. The Balaban J connectivity index is 2.47. The summed E-state index contributed by atoms with van der Waals surface area (Å²) in [6.45, 7) is 1.46. The van der Waals surface area contributed by atoms with E-state index in [1.807, 2.05) is 0 Å². The number of nitrogens with one attached hydrogen (secondary N) is 1. The third-order valence-electron chi connectivity index (χ3n) is 2.06. The summed E-state index contributed by atoms with van der Waals surface area (Å²) in [6, 6.07) is 4.93. The lowest BCUT2D eigenvalue weighted by Gasteiger charge is -2.06. The molecule has 2 nitrogen and oxygen atoms in total. The van der Waals surface area contributed by atoms with Crippen LogP contribution in [0.2, 0.25) is 0 Å². The Morgan fingerprint density at radius 1 is 1.47 bits per heavy atom. The van der Waals surface area contributed by atoms with Gasteiger partial charge in [-0.25, -0.2) is 4.39 Å². The van der Waals surface area contributed by atoms with E-state index in [1.54, 1.807) is 23.9 Å². The van der Waals surface area contributed by atoms with E-state index in [-0.39, 0.29) is 5.82 Å². The zero-order valence-electron chi connectivity index (χ0n) is 9.05. The lowest BCUT2D eigenvalue weighted by atomic mass is 10.2. The maximum absolute atomic E-state index is 13.4. The summed E-state index contributed by atoms with van der Waals surface area (Å²) in [7, 11) is 1.53. The highest BCUT2D eigenvalue weighted by Gasteiger charge is 2.02. The van der Waals surface area contributed by atoms with Crippen LogP contribution < -0.4 is 10.1 Å². The summed E-state index contributed by atoms with van der Waals surface area (Å²) < 4.78 is 18.4. The van der Waals surface area contributed by atoms with E-state index in [9.17, 15) is 4.39 Å². The Bertz CT molecular complexity index is 307. The van der Waals surface area contributed by atoms with E-state index < -0.39 is 0 Å². The fourth-order valence-electron chi connectivity index (χ4n) is 1.20. The summed E-state index contributed by atoms with van der Waals surface area (Å²) >= 11 is 1.77. The Hall–Kier alpha value is -0.740. The number of benzene rings is 1. The molecular formula is C11H16FNOS. The minimum atomic E-state index is -0.217. The lowest BCUT2D eigenvalue weighted by Crippen LogP contribution is -2.17. The van der Waals surface area contributed by atoms with Crippen molar-refractivity contribution in [3.8, 4) is 5.75 Å². The van der Waals surface area contributed by atoms with Gasteiger partial charge in [-0.05, 0) is 12.3 Å². The number of ether oxygens (including phenoxy) is 1. The first-order valence-corrected chi connectivity index (χ1v) is 6.19. The van der Waals surface area contributed by atoms with Crippen LogP contribution in [-0.4, -0.2) is 25.7 Å². The molecule has 0 saturated carbocycles. The van der Waals surface area contributed by atoms with Crippen molar-refractivity contribution < 1.29 is 9.13 Å². The normalized spacial score (nSPS) is 10.3. The molecule has 4 heteroatoms. The van der Waals surface area contributed by atoms with Crippen LogP contribution in [0, 0.1) is 5.82 Å². The topological polar surface area (TPSA) is 21.3 Å². The fraction of sp³-hybridized carbons (Fsp3) is 0.455. The third kappa shape index (κ3) is 4.10. The summed E-state index contributed by atoms with van der Waals surface area (Å²) in [5.41, 5.74) is 0.678. The number of hydrogen-bond donors (Lipinski definition) is 1. The number of methoxy groups -OCH3 is 1. The molecule has 1 aromatic carbocycles. The van der Waals surface area contributed by atoms with Crippen LogP contribution >= 0.6 is 11.8 Å². The molecular weight excluding hydrogens is 213 g/mol. The number of hydrogen-bond acceptors (Lipinski definition) is 3. The molecule has 1 N–H and O–H groups in total. The Kier molecular flexibility index (Phi) is 5.50. The number of halogens is 1. The molecule has 0 radical (unpaired) electrons. The van der Waals surface area contributed by atoms with Gasteiger partial charge in [-0.3, -0.25) is 0 Å². The van der Waals surface area contributed by atoms with Gasteiger partial charge in [0.25, 0.3) is 0 Å². The molecule has 0 bridgehead atoms. The van der Waals surface area contributed by atoms with Crippen LogP contribution in [0.1, 0.15) is 5.56 Å². The second-order valence-electron chi connectivity index (χ2n) is 3.13. The maximum Gasteiger partial charge on any atom is 0.131 e. The molecule has 0 aliphatic heterocycles. The molecule has 0 unspecified atom stereocenters. The minimum Gasteiger partial charge on any atom is -0.497 e. The van der Waals surface area contributed by atoms with Crippen molar-refractivity contribution >= 4 is 11.8 Å². The van der Waals surface area contributed by atoms with Crippen molar-refractivity contribution in [3.05, 3.63) is 29.6 Å². The van der Waals surface area contributed by atoms with Crippen molar-refractivity contribution in [2.24, 2.45) is 0 Å². The molecule has 84 valence electrons. The fourth-order valence-corrected chi connectivity index (χ4v) is 1.54. The summed E-state index contributed by atoms with van der Waals surface area (Å²) in [4.78, 5) is 0. The van der Waals surface area contributed by atoms with Gasteiger partial charge in [0.1, 0.15) is 11.6 Å². The molecule has 1 rings (SSSR count). The third-order valence-corrected chi connectivity index (χ3v) is 2.67. The predicted molar refractivity (Wildman–Crippen MR) is 63.0 cm³/mol. The Labute approximate surface area is 94.2 Å². The van der Waals surface area contributed by atoms with Gasteiger partial charge in [0.05, 0.1) is 7.11 Å². The van der Waals surface area contributed by atoms with Crippen LogP contribution in [0.5, 0.6) is 5.75 Å². The van der Waals surface area contributed by atoms with Gasteiger partial charge < -0.3 is 10.1 Å². The first kappa shape index (κ1) is 12.3. The summed E-state index contributed by atoms with van der Waals surface area (Å²) in [6.07, 6.45) is 2.05. The van der Waals surface area contributed by atoms with E-state index in [2.05, 4.69) is 11.6 Å². The minimum absolute atomic E-state index is 0.217. The van der Waals surface area contributed by atoms with Crippen LogP contribution in [0.4, 0.5) is 4.39 Å².